The monoisotopic (exact) mass is 319 g/mol. The molecule has 0 spiro atoms. The molecule has 0 bridgehead atoms. The molecule has 1 saturated heterocycles. The van der Waals surface area contributed by atoms with E-state index >= 15 is 0 Å². The lowest BCUT2D eigenvalue weighted by molar-refractivity contribution is 0.0576. The van der Waals surface area contributed by atoms with E-state index in [0.717, 1.165) is 5.82 Å². The first-order valence-electron chi connectivity index (χ1n) is 6.99. The van der Waals surface area contributed by atoms with Crippen molar-refractivity contribution in [2.75, 3.05) is 24.5 Å². The van der Waals surface area contributed by atoms with Gasteiger partial charge in [0, 0.05) is 32.0 Å². The van der Waals surface area contributed by atoms with E-state index in [0.29, 0.717) is 30.1 Å². The van der Waals surface area contributed by atoms with Crippen molar-refractivity contribution in [2.45, 2.75) is 18.9 Å². The highest BCUT2D eigenvalue weighted by molar-refractivity contribution is 7.11. The first-order valence-corrected chi connectivity index (χ1v) is 7.87. The van der Waals surface area contributed by atoms with Crippen LogP contribution in [0.15, 0.2) is 24.1 Å². The lowest BCUT2D eigenvalue weighted by Crippen LogP contribution is -2.45. The third-order valence-corrected chi connectivity index (χ3v) is 4.66. The largest absolute Gasteiger partial charge is 0.386 e. The van der Waals surface area contributed by atoms with Crippen LogP contribution in [0.1, 0.15) is 21.8 Å². The van der Waals surface area contributed by atoms with Crippen molar-refractivity contribution in [1.82, 2.24) is 20.3 Å². The Labute approximate surface area is 132 Å². The van der Waals surface area contributed by atoms with E-state index in [4.69, 9.17) is 0 Å². The van der Waals surface area contributed by atoms with Gasteiger partial charge in [-0.3, -0.25) is 9.78 Å². The highest BCUT2D eigenvalue weighted by atomic mass is 32.1. The number of nitrogens with one attached hydrogen (secondary N) is 1. The second kappa shape index (κ2) is 5.98. The van der Waals surface area contributed by atoms with E-state index in [1.807, 2.05) is 4.90 Å². The summed E-state index contributed by atoms with van der Waals surface area (Å²) >= 11 is 1.30. The molecule has 1 atom stereocenters. The van der Waals surface area contributed by atoms with Gasteiger partial charge in [-0.15, -0.1) is 11.3 Å². The molecule has 0 aromatic carbocycles. The molecule has 22 heavy (non-hydrogen) atoms. The second-order valence-electron chi connectivity index (χ2n) is 5.41. The van der Waals surface area contributed by atoms with Crippen LogP contribution in [0.2, 0.25) is 0 Å². The minimum absolute atomic E-state index is 0.189. The van der Waals surface area contributed by atoms with Crippen LogP contribution in [0, 0.1) is 6.92 Å². The Kier molecular flexibility index (Phi) is 4.04. The Bertz CT molecular complexity index is 662. The summed E-state index contributed by atoms with van der Waals surface area (Å²) in [5.41, 5.74) is 1.40. The van der Waals surface area contributed by atoms with Gasteiger partial charge in [-0.05, 0) is 13.3 Å². The molecule has 116 valence electrons. The topological polar surface area (TPSA) is 91.2 Å². The zero-order chi connectivity index (χ0) is 15.6. The number of carbonyl (C=O) groups excluding carboxylic acids is 1. The Balaban J connectivity index is 1.59. The van der Waals surface area contributed by atoms with Gasteiger partial charge in [0.1, 0.15) is 16.3 Å². The fourth-order valence-corrected chi connectivity index (χ4v) is 3.21. The standard InChI is InChI=1S/C14H17N5O2S/c1-10-12(22-9-18-10)13(20)17-7-14(21)2-5-19(8-14)11-6-15-3-4-16-11/h3-4,6,9,21H,2,5,7-8H2,1H3,(H,17,20)/t14-/m1/s1. The number of carbonyl (C=O) groups is 1. The van der Waals surface area contributed by atoms with Gasteiger partial charge in [0.15, 0.2) is 0 Å². The van der Waals surface area contributed by atoms with Gasteiger partial charge >= 0.3 is 0 Å². The molecule has 3 heterocycles. The number of β-amino-alcohol motifs (C(OH)–C–C–N with tert-alkyl or cyclic N) is 1. The maximum Gasteiger partial charge on any atom is 0.263 e. The van der Waals surface area contributed by atoms with Crippen molar-refractivity contribution in [2.24, 2.45) is 0 Å². The van der Waals surface area contributed by atoms with Crippen LogP contribution < -0.4 is 10.2 Å². The Morgan fingerprint density at radius 2 is 2.36 bits per heavy atom. The third-order valence-electron chi connectivity index (χ3n) is 3.74. The Morgan fingerprint density at radius 1 is 1.50 bits per heavy atom. The number of aryl methyl sites for hydroxylation is 1. The molecule has 1 aliphatic heterocycles. The van der Waals surface area contributed by atoms with Crippen molar-refractivity contribution in [3.63, 3.8) is 0 Å². The molecule has 0 radical (unpaired) electrons. The predicted octanol–water partition coefficient (Wildman–Crippen LogP) is 0.613. The number of hydrogen-bond donors (Lipinski definition) is 2. The third kappa shape index (κ3) is 3.07. The summed E-state index contributed by atoms with van der Waals surface area (Å²) in [4.78, 5) is 27.0. The second-order valence-corrected chi connectivity index (χ2v) is 6.26. The molecule has 0 saturated carbocycles. The molecule has 2 N–H and O–H groups in total. The minimum atomic E-state index is -0.953. The number of anilines is 1. The highest BCUT2D eigenvalue weighted by Gasteiger charge is 2.37. The van der Waals surface area contributed by atoms with Crippen LogP contribution in [0.3, 0.4) is 0 Å². The maximum atomic E-state index is 12.1. The maximum absolute atomic E-state index is 12.1. The molecule has 1 fully saturated rings. The quantitative estimate of drug-likeness (QED) is 0.858. The average molecular weight is 319 g/mol. The van der Waals surface area contributed by atoms with E-state index in [-0.39, 0.29) is 12.5 Å². The Morgan fingerprint density at radius 3 is 3.05 bits per heavy atom. The number of nitrogens with zero attached hydrogens (tertiary/aromatic N) is 4. The molecule has 0 aliphatic carbocycles. The van der Waals surface area contributed by atoms with E-state index < -0.39 is 5.60 Å². The normalized spacial score (nSPS) is 21.1. The summed E-state index contributed by atoms with van der Waals surface area (Å²) in [7, 11) is 0. The highest BCUT2D eigenvalue weighted by Crippen LogP contribution is 2.24. The first-order chi connectivity index (χ1) is 10.6. The summed E-state index contributed by atoms with van der Waals surface area (Å²) in [5, 5.41) is 13.4. The van der Waals surface area contributed by atoms with Gasteiger partial charge in [0.05, 0.1) is 17.4 Å². The predicted molar refractivity (Wildman–Crippen MR) is 83.0 cm³/mol. The minimum Gasteiger partial charge on any atom is -0.386 e. The summed E-state index contributed by atoms with van der Waals surface area (Å²) in [6, 6.07) is 0. The van der Waals surface area contributed by atoms with E-state index in [1.54, 1.807) is 31.0 Å². The van der Waals surface area contributed by atoms with Crippen LogP contribution >= 0.6 is 11.3 Å². The molecule has 1 aliphatic rings. The van der Waals surface area contributed by atoms with Gasteiger partial charge in [0.2, 0.25) is 0 Å². The summed E-state index contributed by atoms with van der Waals surface area (Å²) in [6.07, 6.45) is 5.49. The SMILES string of the molecule is Cc1ncsc1C(=O)NC[C@]1(O)CCN(c2cnccn2)C1. The molecule has 0 unspecified atom stereocenters. The summed E-state index contributed by atoms with van der Waals surface area (Å²) in [5.74, 6) is 0.550. The van der Waals surface area contributed by atoms with E-state index in [2.05, 4.69) is 20.3 Å². The molecule has 1 amide bonds. The number of hydrogen-bond acceptors (Lipinski definition) is 7. The van der Waals surface area contributed by atoms with Gasteiger partial charge in [-0.25, -0.2) is 9.97 Å². The number of amides is 1. The van der Waals surface area contributed by atoms with Crippen molar-refractivity contribution < 1.29 is 9.90 Å². The van der Waals surface area contributed by atoms with Gasteiger partial charge in [-0.1, -0.05) is 0 Å². The molecular formula is C14H17N5O2S. The Hall–Kier alpha value is -2.06. The van der Waals surface area contributed by atoms with E-state index in [9.17, 15) is 9.90 Å². The smallest absolute Gasteiger partial charge is 0.263 e. The van der Waals surface area contributed by atoms with Crippen LogP contribution in [0.25, 0.3) is 0 Å². The van der Waals surface area contributed by atoms with Crippen molar-refractivity contribution in [3.8, 4) is 0 Å². The average Bonchev–Trinajstić information content (AvgIpc) is 3.13. The lowest BCUT2D eigenvalue weighted by atomic mass is 10.0. The van der Waals surface area contributed by atoms with Crippen LogP contribution in [0.5, 0.6) is 0 Å². The zero-order valence-corrected chi connectivity index (χ0v) is 13.0. The number of rotatable bonds is 4. The van der Waals surface area contributed by atoms with Crippen molar-refractivity contribution >= 4 is 23.1 Å². The molecular weight excluding hydrogens is 302 g/mol. The zero-order valence-electron chi connectivity index (χ0n) is 12.2. The summed E-state index contributed by atoms with van der Waals surface area (Å²) < 4.78 is 0. The molecule has 2 aromatic heterocycles. The molecule has 3 rings (SSSR count). The van der Waals surface area contributed by atoms with Gasteiger partial charge < -0.3 is 15.3 Å². The van der Waals surface area contributed by atoms with Gasteiger partial charge in [0.25, 0.3) is 5.91 Å². The molecule has 7 nitrogen and oxygen atoms in total. The lowest BCUT2D eigenvalue weighted by Gasteiger charge is -2.24. The van der Waals surface area contributed by atoms with Crippen LogP contribution in [-0.2, 0) is 0 Å². The van der Waals surface area contributed by atoms with Crippen LogP contribution in [0.4, 0.5) is 5.82 Å². The fraction of sp³-hybridized carbons (Fsp3) is 0.429. The first kappa shape index (κ1) is 14.9. The molecule has 8 heteroatoms. The molecule has 2 aromatic rings. The van der Waals surface area contributed by atoms with Gasteiger partial charge in [-0.2, -0.15) is 0 Å². The van der Waals surface area contributed by atoms with E-state index in [1.165, 1.54) is 11.3 Å². The summed E-state index contributed by atoms with van der Waals surface area (Å²) in [6.45, 7) is 3.11. The van der Waals surface area contributed by atoms with Crippen molar-refractivity contribution in [3.05, 3.63) is 34.7 Å². The number of aromatic nitrogens is 3. The van der Waals surface area contributed by atoms with Crippen molar-refractivity contribution in [1.29, 1.82) is 0 Å². The van der Waals surface area contributed by atoms with Crippen LogP contribution in [-0.4, -0.2) is 51.2 Å². The number of aliphatic hydroxyl groups is 1. The fourth-order valence-electron chi connectivity index (χ4n) is 2.50. The number of thiazole rings is 1.